The summed E-state index contributed by atoms with van der Waals surface area (Å²) >= 11 is 0. The van der Waals surface area contributed by atoms with Crippen LogP contribution in [0.5, 0.6) is 0 Å². The van der Waals surface area contributed by atoms with Gasteiger partial charge in [0.05, 0.1) is 0 Å². The molecule has 0 aliphatic carbocycles. The van der Waals surface area contributed by atoms with Crippen LogP contribution in [0.15, 0.2) is 24.3 Å². The van der Waals surface area contributed by atoms with Crippen molar-refractivity contribution in [1.82, 2.24) is 9.80 Å². The summed E-state index contributed by atoms with van der Waals surface area (Å²) in [4.78, 5) is 16.5. The predicted octanol–water partition coefficient (Wildman–Crippen LogP) is 3.71. The van der Waals surface area contributed by atoms with E-state index < -0.39 is 5.60 Å². The van der Waals surface area contributed by atoms with E-state index in [1.54, 1.807) is 0 Å². The maximum Gasteiger partial charge on any atom is 0.410 e. The molecule has 1 aromatic rings. The quantitative estimate of drug-likeness (QED) is 0.902. The van der Waals surface area contributed by atoms with Crippen molar-refractivity contribution in [3.05, 3.63) is 35.4 Å². The van der Waals surface area contributed by atoms with Crippen molar-refractivity contribution >= 4 is 6.09 Å². The second-order valence-corrected chi connectivity index (χ2v) is 7.88. The molecule has 2 rings (SSSR count). The van der Waals surface area contributed by atoms with Crippen LogP contribution in [-0.4, -0.2) is 47.7 Å². The summed E-state index contributed by atoms with van der Waals surface area (Å²) in [6.07, 6.45) is 0.839. The first-order chi connectivity index (χ1) is 11.7. The Morgan fingerprint density at radius 2 is 1.64 bits per heavy atom. The van der Waals surface area contributed by atoms with Gasteiger partial charge in [0.1, 0.15) is 5.60 Å². The number of hydrogen-bond acceptors (Lipinski definition) is 4. The third-order valence-corrected chi connectivity index (χ3v) is 4.64. The van der Waals surface area contributed by atoms with Crippen LogP contribution in [0.25, 0.3) is 0 Å². The minimum Gasteiger partial charge on any atom is -0.444 e. The van der Waals surface area contributed by atoms with Crippen LogP contribution in [0.3, 0.4) is 0 Å². The normalized spacial score (nSPS) is 18.7. The van der Waals surface area contributed by atoms with Crippen molar-refractivity contribution in [3.63, 3.8) is 0 Å². The molecule has 0 bridgehead atoms. The number of nitrogens with two attached hydrogens (primary N) is 1. The zero-order valence-electron chi connectivity index (χ0n) is 16.3. The van der Waals surface area contributed by atoms with Crippen molar-refractivity contribution in [3.8, 4) is 0 Å². The molecule has 2 atom stereocenters. The topological polar surface area (TPSA) is 58.8 Å². The largest absolute Gasteiger partial charge is 0.444 e. The van der Waals surface area contributed by atoms with E-state index in [9.17, 15) is 4.79 Å². The lowest BCUT2D eigenvalue weighted by Gasteiger charge is -2.39. The van der Waals surface area contributed by atoms with E-state index in [4.69, 9.17) is 10.5 Å². The molecular weight excluding hydrogens is 314 g/mol. The first kappa shape index (κ1) is 19.7. The summed E-state index contributed by atoms with van der Waals surface area (Å²) in [5, 5.41) is 0. The lowest BCUT2D eigenvalue weighted by Crippen LogP contribution is -2.50. The molecule has 1 amide bonds. The number of nitrogens with zero attached hydrogens (tertiary/aromatic N) is 2. The monoisotopic (exact) mass is 347 g/mol. The number of carbonyl (C=O) groups is 1. The van der Waals surface area contributed by atoms with Gasteiger partial charge in [0.15, 0.2) is 0 Å². The summed E-state index contributed by atoms with van der Waals surface area (Å²) in [5.41, 5.74) is 7.98. The number of amides is 1. The fraction of sp³-hybridized carbons (Fsp3) is 0.650. The molecule has 1 saturated heterocycles. The second kappa shape index (κ2) is 8.19. The van der Waals surface area contributed by atoms with Gasteiger partial charge in [-0.25, -0.2) is 4.79 Å². The number of hydrogen-bond donors (Lipinski definition) is 1. The molecule has 1 heterocycles. The average molecular weight is 348 g/mol. The zero-order chi connectivity index (χ0) is 18.6. The van der Waals surface area contributed by atoms with E-state index in [1.807, 2.05) is 32.6 Å². The van der Waals surface area contributed by atoms with E-state index in [-0.39, 0.29) is 12.1 Å². The molecule has 1 aliphatic rings. The Balaban J connectivity index is 1.96. The van der Waals surface area contributed by atoms with Gasteiger partial charge >= 0.3 is 6.09 Å². The maximum absolute atomic E-state index is 12.2. The molecule has 5 heteroatoms. The number of ether oxygens (including phenoxy) is 1. The van der Waals surface area contributed by atoms with E-state index in [1.165, 1.54) is 5.56 Å². The summed E-state index contributed by atoms with van der Waals surface area (Å²) in [6, 6.07) is 9.06. The lowest BCUT2D eigenvalue weighted by atomic mass is 9.99. The second-order valence-electron chi connectivity index (χ2n) is 7.88. The molecule has 0 radical (unpaired) electrons. The van der Waals surface area contributed by atoms with E-state index in [0.717, 1.165) is 25.1 Å². The highest BCUT2D eigenvalue weighted by atomic mass is 16.6. The van der Waals surface area contributed by atoms with Gasteiger partial charge in [-0.3, -0.25) is 4.90 Å². The Bertz CT molecular complexity index is 555. The fourth-order valence-electron chi connectivity index (χ4n) is 3.27. The molecule has 0 aromatic heterocycles. The van der Waals surface area contributed by atoms with Crippen LogP contribution in [0, 0.1) is 0 Å². The Hall–Kier alpha value is -1.59. The molecule has 0 unspecified atom stereocenters. The molecule has 25 heavy (non-hydrogen) atoms. The maximum atomic E-state index is 12.2. The molecule has 1 aliphatic heterocycles. The van der Waals surface area contributed by atoms with Crippen LogP contribution in [0.4, 0.5) is 4.79 Å². The van der Waals surface area contributed by atoms with Gasteiger partial charge < -0.3 is 15.4 Å². The number of piperazine rings is 1. The Morgan fingerprint density at radius 3 is 2.08 bits per heavy atom. The molecule has 1 aromatic carbocycles. The van der Waals surface area contributed by atoms with Crippen LogP contribution in [0.2, 0.25) is 0 Å². The van der Waals surface area contributed by atoms with E-state index in [2.05, 4.69) is 36.1 Å². The molecule has 140 valence electrons. The summed E-state index contributed by atoms with van der Waals surface area (Å²) in [7, 11) is 0. The Labute approximate surface area is 152 Å². The molecule has 1 fully saturated rings. The zero-order valence-corrected chi connectivity index (χ0v) is 16.3. The molecule has 5 nitrogen and oxygen atoms in total. The fourth-order valence-corrected chi connectivity index (χ4v) is 3.27. The highest BCUT2D eigenvalue weighted by Gasteiger charge is 2.28. The van der Waals surface area contributed by atoms with Crippen molar-refractivity contribution < 1.29 is 9.53 Å². The van der Waals surface area contributed by atoms with E-state index in [0.29, 0.717) is 19.1 Å². The van der Waals surface area contributed by atoms with Gasteiger partial charge in [-0.15, -0.1) is 0 Å². The number of benzene rings is 1. The van der Waals surface area contributed by atoms with Crippen LogP contribution in [0.1, 0.15) is 64.3 Å². The van der Waals surface area contributed by atoms with Gasteiger partial charge in [0.25, 0.3) is 0 Å². The Morgan fingerprint density at radius 1 is 1.12 bits per heavy atom. The number of rotatable bonds is 4. The van der Waals surface area contributed by atoms with Gasteiger partial charge in [-0.05, 0) is 45.2 Å². The highest BCUT2D eigenvalue weighted by Crippen LogP contribution is 2.26. The molecule has 0 saturated carbocycles. The summed E-state index contributed by atoms with van der Waals surface area (Å²) in [5.74, 6) is 0. The first-order valence-corrected chi connectivity index (χ1v) is 9.28. The van der Waals surface area contributed by atoms with Crippen molar-refractivity contribution in [1.29, 1.82) is 0 Å². The molecular formula is C20H33N3O2. The standard InChI is InChI=1S/C20H33N3O2/c1-6-18(17-9-7-16(8-10-17)15(2)21)22-11-13-23(14-12-22)19(24)25-20(3,4)5/h7-10,15,18H,6,11-14,21H2,1-5H3/t15-,18+/m0/s1. The predicted molar refractivity (Wildman–Crippen MR) is 101 cm³/mol. The summed E-state index contributed by atoms with van der Waals surface area (Å²) in [6.45, 7) is 13.1. The van der Waals surface area contributed by atoms with Crippen molar-refractivity contribution in [2.75, 3.05) is 26.2 Å². The van der Waals surface area contributed by atoms with Crippen LogP contribution >= 0.6 is 0 Å². The first-order valence-electron chi connectivity index (χ1n) is 9.28. The van der Waals surface area contributed by atoms with Crippen molar-refractivity contribution in [2.45, 2.75) is 58.7 Å². The van der Waals surface area contributed by atoms with Gasteiger partial charge in [0.2, 0.25) is 0 Å². The highest BCUT2D eigenvalue weighted by molar-refractivity contribution is 5.68. The smallest absolute Gasteiger partial charge is 0.410 e. The average Bonchev–Trinajstić information content (AvgIpc) is 2.55. The third kappa shape index (κ3) is 5.44. The van der Waals surface area contributed by atoms with Crippen molar-refractivity contribution in [2.24, 2.45) is 5.73 Å². The van der Waals surface area contributed by atoms with Gasteiger partial charge in [-0.2, -0.15) is 0 Å². The minimum atomic E-state index is -0.442. The minimum absolute atomic E-state index is 0.0616. The summed E-state index contributed by atoms with van der Waals surface area (Å²) < 4.78 is 5.48. The molecule has 2 N–H and O–H groups in total. The van der Waals surface area contributed by atoms with Gasteiger partial charge in [0, 0.05) is 38.3 Å². The van der Waals surface area contributed by atoms with Crippen LogP contribution in [-0.2, 0) is 4.74 Å². The third-order valence-electron chi connectivity index (χ3n) is 4.64. The lowest BCUT2D eigenvalue weighted by molar-refractivity contribution is 0.00998. The Kier molecular flexibility index (Phi) is 6.47. The molecule has 0 spiro atoms. The van der Waals surface area contributed by atoms with Gasteiger partial charge in [-0.1, -0.05) is 31.2 Å². The SMILES string of the molecule is CC[C@H](c1ccc([C@H](C)N)cc1)N1CCN(C(=O)OC(C)(C)C)CC1. The van der Waals surface area contributed by atoms with E-state index >= 15 is 0 Å². The number of carbonyl (C=O) groups excluding carboxylic acids is 1. The van der Waals surface area contributed by atoms with Crippen LogP contribution < -0.4 is 5.73 Å².